The molecule has 0 bridgehead atoms. The highest BCUT2D eigenvalue weighted by Gasteiger charge is 2.22. The molecule has 0 radical (unpaired) electrons. The molecule has 5 nitrogen and oxygen atoms in total. The molecule has 0 saturated carbocycles. The second kappa shape index (κ2) is 7.89. The zero-order valence-electron chi connectivity index (χ0n) is 16.1. The van der Waals surface area contributed by atoms with Gasteiger partial charge in [0.1, 0.15) is 10.6 Å². The number of hydrogen-bond donors (Lipinski definition) is 2. The van der Waals surface area contributed by atoms with Crippen molar-refractivity contribution in [3.8, 4) is 11.4 Å². The largest absolute Gasteiger partial charge is 0.392 e. The number of hydrogen-bond acceptors (Lipinski definition) is 6. The first-order valence-electron chi connectivity index (χ1n) is 9.97. The minimum absolute atomic E-state index is 0.0812. The smallest absolute Gasteiger partial charge is 0.164 e. The van der Waals surface area contributed by atoms with Gasteiger partial charge in [-0.25, -0.2) is 9.97 Å². The molecule has 0 amide bonds. The fraction of sp³-hybridized carbons (Fsp3) is 0.261. The number of thiophene rings is 1. The highest BCUT2D eigenvalue weighted by molar-refractivity contribution is 7.19. The lowest BCUT2D eigenvalue weighted by Gasteiger charge is -2.10. The van der Waals surface area contributed by atoms with Crippen LogP contribution in [0.5, 0.6) is 0 Å². The van der Waals surface area contributed by atoms with Gasteiger partial charge >= 0.3 is 0 Å². The molecule has 2 N–H and O–H groups in total. The Morgan fingerprint density at radius 1 is 1.03 bits per heavy atom. The highest BCUT2D eigenvalue weighted by Crippen LogP contribution is 2.40. The zero-order chi connectivity index (χ0) is 19.6. The Morgan fingerprint density at radius 2 is 1.90 bits per heavy atom. The van der Waals surface area contributed by atoms with Crippen LogP contribution in [-0.2, 0) is 25.9 Å². The van der Waals surface area contributed by atoms with Gasteiger partial charge in [0, 0.05) is 29.4 Å². The summed E-state index contributed by atoms with van der Waals surface area (Å²) < 4.78 is 0. The fourth-order valence-corrected chi connectivity index (χ4v) is 5.15. The van der Waals surface area contributed by atoms with Crippen LogP contribution in [0.15, 0.2) is 48.8 Å². The highest BCUT2D eigenvalue weighted by atomic mass is 32.1. The fourth-order valence-electron chi connectivity index (χ4n) is 3.88. The predicted molar refractivity (Wildman–Crippen MR) is 117 cm³/mol. The molecule has 4 aromatic rings. The molecule has 1 aromatic carbocycles. The third kappa shape index (κ3) is 3.61. The first kappa shape index (κ1) is 18.2. The van der Waals surface area contributed by atoms with Gasteiger partial charge in [-0.15, -0.1) is 11.3 Å². The van der Waals surface area contributed by atoms with Gasteiger partial charge in [0.25, 0.3) is 0 Å². The van der Waals surface area contributed by atoms with E-state index in [1.165, 1.54) is 27.8 Å². The van der Waals surface area contributed by atoms with Crippen LogP contribution in [0, 0.1) is 0 Å². The number of pyridine rings is 1. The summed E-state index contributed by atoms with van der Waals surface area (Å²) in [6.45, 7) is 0.875. The summed E-state index contributed by atoms with van der Waals surface area (Å²) >= 11 is 1.81. The van der Waals surface area contributed by atoms with E-state index >= 15 is 0 Å². The SMILES string of the molecule is OCc1ccc(CCNc2nc(-c3cccnc3)nc3sc4c(c23)CCC4)cc1. The van der Waals surface area contributed by atoms with Crippen LogP contribution in [-0.4, -0.2) is 26.6 Å². The maximum atomic E-state index is 9.20. The number of nitrogens with zero attached hydrogens (tertiary/aromatic N) is 3. The average molecular weight is 403 g/mol. The maximum Gasteiger partial charge on any atom is 0.164 e. The Kier molecular flexibility index (Phi) is 4.96. The zero-order valence-corrected chi connectivity index (χ0v) is 16.9. The van der Waals surface area contributed by atoms with Gasteiger partial charge in [0.15, 0.2) is 5.82 Å². The number of aliphatic hydroxyl groups is 1. The molecule has 0 fully saturated rings. The molecule has 0 unspecified atom stereocenters. The number of anilines is 1. The van der Waals surface area contributed by atoms with Crippen molar-refractivity contribution < 1.29 is 5.11 Å². The summed E-state index contributed by atoms with van der Waals surface area (Å²) in [6.07, 6.45) is 7.96. The molecule has 1 aliphatic rings. The van der Waals surface area contributed by atoms with E-state index in [1.807, 2.05) is 41.8 Å². The van der Waals surface area contributed by atoms with E-state index in [4.69, 9.17) is 9.97 Å². The molecular formula is C23H22N4OS. The molecule has 5 rings (SSSR count). The summed E-state index contributed by atoms with van der Waals surface area (Å²) in [7, 11) is 0. The third-order valence-corrected chi connectivity index (χ3v) is 6.58. The molecule has 3 heterocycles. The molecular weight excluding hydrogens is 380 g/mol. The van der Waals surface area contributed by atoms with Crippen LogP contribution in [0.25, 0.3) is 21.6 Å². The first-order chi connectivity index (χ1) is 14.3. The van der Waals surface area contributed by atoms with Crippen molar-refractivity contribution in [3.63, 3.8) is 0 Å². The minimum Gasteiger partial charge on any atom is -0.392 e. The van der Waals surface area contributed by atoms with Crippen LogP contribution in [0.4, 0.5) is 5.82 Å². The Morgan fingerprint density at radius 3 is 2.69 bits per heavy atom. The molecule has 3 aromatic heterocycles. The Bertz CT molecular complexity index is 1140. The van der Waals surface area contributed by atoms with Gasteiger partial charge in [-0.3, -0.25) is 4.98 Å². The number of aromatic nitrogens is 3. The molecule has 0 saturated heterocycles. The van der Waals surface area contributed by atoms with Crippen molar-refractivity contribution >= 4 is 27.4 Å². The summed E-state index contributed by atoms with van der Waals surface area (Å²) in [6, 6.07) is 12.0. The molecule has 6 heteroatoms. The summed E-state index contributed by atoms with van der Waals surface area (Å²) in [4.78, 5) is 16.5. The molecule has 146 valence electrons. The Balaban J connectivity index is 1.45. The lowest BCUT2D eigenvalue weighted by atomic mass is 10.1. The molecule has 0 spiro atoms. The minimum atomic E-state index is 0.0812. The van der Waals surface area contributed by atoms with Crippen molar-refractivity contribution in [3.05, 3.63) is 70.4 Å². The molecule has 1 aliphatic carbocycles. The summed E-state index contributed by atoms with van der Waals surface area (Å²) in [5, 5.41) is 14.0. The predicted octanol–water partition coefficient (Wildman–Crippen LogP) is 4.39. The maximum absolute atomic E-state index is 9.20. The third-order valence-electron chi connectivity index (χ3n) is 5.40. The van der Waals surface area contributed by atoms with Crippen LogP contribution in [0.3, 0.4) is 0 Å². The second-order valence-electron chi connectivity index (χ2n) is 7.33. The summed E-state index contributed by atoms with van der Waals surface area (Å²) in [5.41, 5.74) is 4.54. The van der Waals surface area contributed by atoms with Crippen LogP contribution >= 0.6 is 11.3 Å². The Labute approximate surface area is 173 Å². The van der Waals surface area contributed by atoms with Crippen LogP contribution in [0.2, 0.25) is 0 Å². The van der Waals surface area contributed by atoms with Crippen molar-refractivity contribution in [1.82, 2.24) is 15.0 Å². The number of aryl methyl sites for hydroxylation is 2. The van der Waals surface area contributed by atoms with E-state index < -0.39 is 0 Å². The van der Waals surface area contributed by atoms with Crippen molar-refractivity contribution in [2.45, 2.75) is 32.3 Å². The van der Waals surface area contributed by atoms with E-state index in [9.17, 15) is 5.11 Å². The first-order valence-corrected chi connectivity index (χ1v) is 10.8. The monoisotopic (exact) mass is 402 g/mol. The van der Waals surface area contributed by atoms with Crippen molar-refractivity contribution in [1.29, 1.82) is 0 Å². The Hall–Kier alpha value is -2.83. The number of rotatable bonds is 6. The van der Waals surface area contributed by atoms with Crippen LogP contribution < -0.4 is 5.32 Å². The molecule has 0 atom stereocenters. The normalized spacial score (nSPS) is 13.0. The summed E-state index contributed by atoms with van der Waals surface area (Å²) in [5.74, 6) is 1.65. The molecule has 0 aliphatic heterocycles. The molecule has 29 heavy (non-hydrogen) atoms. The van der Waals surface area contributed by atoms with Gasteiger partial charge in [0.2, 0.25) is 0 Å². The standard InChI is InChI=1S/C23H22N4OS/c28-14-16-8-6-15(7-9-16)10-12-25-22-20-18-4-1-5-19(18)29-23(20)27-21(26-22)17-3-2-11-24-13-17/h2-3,6-9,11,13,28H,1,4-5,10,12,14H2,(H,25,26,27). The average Bonchev–Trinajstić information content (AvgIpc) is 3.36. The lowest BCUT2D eigenvalue weighted by Crippen LogP contribution is -2.08. The van der Waals surface area contributed by atoms with E-state index in [0.717, 1.165) is 53.4 Å². The van der Waals surface area contributed by atoms with Gasteiger partial charge in [-0.1, -0.05) is 24.3 Å². The van der Waals surface area contributed by atoms with E-state index in [-0.39, 0.29) is 6.61 Å². The topological polar surface area (TPSA) is 70.9 Å². The van der Waals surface area contributed by atoms with E-state index in [2.05, 4.69) is 22.4 Å². The number of fused-ring (bicyclic) bond motifs is 3. The van der Waals surface area contributed by atoms with E-state index in [0.29, 0.717) is 0 Å². The lowest BCUT2D eigenvalue weighted by molar-refractivity contribution is 0.282. The number of nitrogens with one attached hydrogen (secondary N) is 1. The van der Waals surface area contributed by atoms with Gasteiger partial charge in [0.05, 0.1) is 12.0 Å². The van der Waals surface area contributed by atoms with Gasteiger partial charge < -0.3 is 10.4 Å². The quantitative estimate of drug-likeness (QED) is 0.501. The van der Waals surface area contributed by atoms with Crippen molar-refractivity contribution in [2.24, 2.45) is 0 Å². The number of benzene rings is 1. The number of aliphatic hydroxyl groups excluding tert-OH is 1. The van der Waals surface area contributed by atoms with E-state index in [1.54, 1.807) is 6.20 Å². The van der Waals surface area contributed by atoms with Crippen LogP contribution in [0.1, 0.15) is 28.0 Å². The van der Waals surface area contributed by atoms with Crippen molar-refractivity contribution in [2.75, 3.05) is 11.9 Å². The second-order valence-corrected chi connectivity index (χ2v) is 8.41. The van der Waals surface area contributed by atoms with Gasteiger partial charge in [-0.2, -0.15) is 0 Å². The van der Waals surface area contributed by atoms with Gasteiger partial charge in [-0.05, 0) is 54.5 Å².